The first-order chi connectivity index (χ1) is 8.59. The van der Waals surface area contributed by atoms with Crippen LogP contribution >= 0.6 is 0 Å². The van der Waals surface area contributed by atoms with Crippen LogP contribution in [0.3, 0.4) is 0 Å². The second kappa shape index (κ2) is 5.23. The molecular formula is C14H16O4. The molecule has 0 aliphatic rings. The molecule has 18 heavy (non-hydrogen) atoms. The summed E-state index contributed by atoms with van der Waals surface area (Å²) in [7, 11) is 0. The molecule has 0 aliphatic heterocycles. The van der Waals surface area contributed by atoms with Crippen molar-refractivity contribution in [3.05, 3.63) is 35.6 Å². The molecule has 0 amide bonds. The third kappa shape index (κ3) is 2.54. The fraction of sp³-hybridized carbons (Fsp3) is 0.357. The van der Waals surface area contributed by atoms with Crippen LogP contribution in [0, 0.1) is 5.92 Å². The molecule has 1 N–H and O–H groups in total. The van der Waals surface area contributed by atoms with Gasteiger partial charge in [0.1, 0.15) is 5.58 Å². The Kier molecular flexibility index (Phi) is 3.67. The van der Waals surface area contributed by atoms with Gasteiger partial charge in [0.15, 0.2) is 0 Å². The van der Waals surface area contributed by atoms with Crippen LogP contribution in [0.2, 0.25) is 0 Å². The second-order valence-corrected chi connectivity index (χ2v) is 4.62. The van der Waals surface area contributed by atoms with Crippen molar-refractivity contribution in [3.8, 4) is 0 Å². The fourth-order valence-corrected chi connectivity index (χ4v) is 1.81. The van der Waals surface area contributed by atoms with Gasteiger partial charge in [0.2, 0.25) is 5.76 Å². The van der Waals surface area contributed by atoms with Crippen LogP contribution in [0.1, 0.15) is 30.0 Å². The first-order valence-corrected chi connectivity index (χ1v) is 5.91. The minimum Gasteiger partial charge on any atom is -0.475 e. The molecule has 0 saturated heterocycles. The number of aromatic carboxylic acids is 1. The van der Waals surface area contributed by atoms with E-state index >= 15 is 0 Å². The smallest absolute Gasteiger partial charge is 0.372 e. The lowest BCUT2D eigenvalue weighted by Crippen LogP contribution is -2.05. The highest BCUT2D eigenvalue weighted by atomic mass is 16.5. The van der Waals surface area contributed by atoms with E-state index in [0.29, 0.717) is 23.7 Å². The van der Waals surface area contributed by atoms with E-state index in [9.17, 15) is 4.79 Å². The first kappa shape index (κ1) is 12.6. The Morgan fingerprint density at radius 3 is 2.78 bits per heavy atom. The number of carboxylic acids is 1. The first-order valence-electron chi connectivity index (χ1n) is 5.91. The standard InChI is InChI=1S/C14H16O4/c1-9(2)7-17-8-11-10-5-3-4-6-12(10)18-13(11)14(15)16/h3-6,9H,7-8H2,1-2H3,(H,15,16). The molecule has 0 atom stereocenters. The third-order valence-electron chi connectivity index (χ3n) is 2.59. The molecule has 0 aliphatic carbocycles. The van der Waals surface area contributed by atoms with Crippen LogP contribution in [0.5, 0.6) is 0 Å². The molecule has 0 spiro atoms. The minimum atomic E-state index is -1.06. The summed E-state index contributed by atoms with van der Waals surface area (Å²) in [5.41, 5.74) is 1.19. The predicted octanol–water partition coefficient (Wildman–Crippen LogP) is 3.30. The van der Waals surface area contributed by atoms with Gasteiger partial charge in [-0.3, -0.25) is 0 Å². The molecule has 0 saturated carbocycles. The third-order valence-corrected chi connectivity index (χ3v) is 2.59. The van der Waals surface area contributed by atoms with Crippen LogP contribution < -0.4 is 0 Å². The van der Waals surface area contributed by atoms with Crippen LogP contribution in [0.15, 0.2) is 28.7 Å². The molecule has 1 aromatic heterocycles. The molecule has 0 fully saturated rings. The van der Waals surface area contributed by atoms with Gasteiger partial charge in [0.25, 0.3) is 0 Å². The van der Waals surface area contributed by atoms with Gasteiger partial charge in [-0.15, -0.1) is 0 Å². The van der Waals surface area contributed by atoms with Gasteiger partial charge < -0.3 is 14.3 Å². The van der Waals surface area contributed by atoms with Crippen molar-refractivity contribution >= 4 is 16.9 Å². The topological polar surface area (TPSA) is 59.7 Å². The molecule has 1 heterocycles. The van der Waals surface area contributed by atoms with Gasteiger partial charge in [-0.2, -0.15) is 0 Å². The van der Waals surface area contributed by atoms with Gasteiger partial charge in [0, 0.05) is 17.6 Å². The average Bonchev–Trinajstić information content (AvgIpc) is 2.68. The molecule has 4 heteroatoms. The molecule has 2 aromatic rings. The van der Waals surface area contributed by atoms with E-state index in [1.165, 1.54) is 0 Å². The summed E-state index contributed by atoms with van der Waals surface area (Å²) in [6.45, 7) is 4.95. The average molecular weight is 248 g/mol. The number of ether oxygens (including phenoxy) is 1. The van der Waals surface area contributed by atoms with Gasteiger partial charge in [-0.25, -0.2) is 4.79 Å². The van der Waals surface area contributed by atoms with Crippen molar-refractivity contribution in [3.63, 3.8) is 0 Å². The Hall–Kier alpha value is -1.81. The predicted molar refractivity (Wildman–Crippen MR) is 67.7 cm³/mol. The minimum absolute atomic E-state index is 0.0278. The Balaban J connectivity index is 2.33. The number of rotatable bonds is 5. The van der Waals surface area contributed by atoms with Gasteiger partial charge in [-0.1, -0.05) is 32.0 Å². The van der Waals surface area contributed by atoms with E-state index < -0.39 is 5.97 Å². The quantitative estimate of drug-likeness (QED) is 0.881. The molecule has 1 aromatic carbocycles. The summed E-state index contributed by atoms with van der Waals surface area (Å²) >= 11 is 0. The summed E-state index contributed by atoms with van der Waals surface area (Å²) in [4.78, 5) is 11.1. The SMILES string of the molecule is CC(C)COCc1c(C(=O)O)oc2ccccc12. The Morgan fingerprint density at radius 1 is 1.39 bits per heavy atom. The Morgan fingerprint density at radius 2 is 2.11 bits per heavy atom. The number of furan rings is 1. The van der Waals surface area contributed by atoms with E-state index in [0.717, 1.165) is 5.39 Å². The normalized spacial score (nSPS) is 11.3. The van der Waals surface area contributed by atoms with Gasteiger partial charge in [-0.05, 0) is 12.0 Å². The molecule has 0 unspecified atom stereocenters. The fourth-order valence-electron chi connectivity index (χ4n) is 1.81. The Bertz CT molecular complexity index is 554. The van der Waals surface area contributed by atoms with Crippen LogP contribution in [-0.2, 0) is 11.3 Å². The maximum absolute atomic E-state index is 11.1. The monoisotopic (exact) mass is 248 g/mol. The lowest BCUT2D eigenvalue weighted by atomic mass is 10.1. The number of benzene rings is 1. The van der Waals surface area contributed by atoms with Crippen molar-refractivity contribution in [1.82, 2.24) is 0 Å². The van der Waals surface area contributed by atoms with E-state index in [2.05, 4.69) is 0 Å². The van der Waals surface area contributed by atoms with Crippen LogP contribution in [0.4, 0.5) is 0 Å². The summed E-state index contributed by atoms with van der Waals surface area (Å²) in [5.74, 6) is -0.675. The number of para-hydroxylation sites is 1. The highest BCUT2D eigenvalue weighted by Crippen LogP contribution is 2.26. The van der Waals surface area contributed by atoms with Crippen molar-refractivity contribution in [2.75, 3.05) is 6.61 Å². The van der Waals surface area contributed by atoms with Crippen molar-refractivity contribution in [2.45, 2.75) is 20.5 Å². The summed E-state index contributed by atoms with van der Waals surface area (Å²) in [5, 5.41) is 9.93. The molecule has 2 rings (SSSR count). The maximum Gasteiger partial charge on any atom is 0.372 e. The zero-order valence-electron chi connectivity index (χ0n) is 10.5. The van der Waals surface area contributed by atoms with Crippen molar-refractivity contribution in [2.24, 2.45) is 5.92 Å². The highest BCUT2D eigenvalue weighted by molar-refractivity contribution is 5.94. The van der Waals surface area contributed by atoms with Crippen molar-refractivity contribution < 1.29 is 19.1 Å². The van der Waals surface area contributed by atoms with Gasteiger partial charge in [0.05, 0.1) is 6.61 Å². The number of carbonyl (C=O) groups is 1. The lowest BCUT2D eigenvalue weighted by molar-refractivity contribution is 0.0646. The van der Waals surface area contributed by atoms with Crippen LogP contribution in [0.25, 0.3) is 11.0 Å². The summed E-state index contributed by atoms with van der Waals surface area (Å²) < 4.78 is 10.9. The Labute approximate surface area is 105 Å². The number of carboxylic acid groups (broad SMARTS) is 1. The van der Waals surface area contributed by atoms with E-state index in [4.69, 9.17) is 14.3 Å². The van der Waals surface area contributed by atoms with Crippen LogP contribution in [-0.4, -0.2) is 17.7 Å². The second-order valence-electron chi connectivity index (χ2n) is 4.62. The zero-order chi connectivity index (χ0) is 13.1. The molecule has 96 valence electrons. The number of hydrogen-bond donors (Lipinski definition) is 1. The number of hydrogen-bond acceptors (Lipinski definition) is 3. The van der Waals surface area contributed by atoms with E-state index in [1.54, 1.807) is 6.07 Å². The van der Waals surface area contributed by atoms with Gasteiger partial charge >= 0.3 is 5.97 Å². The largest absolute Gasteiger partial charge is 0.475 e. The molecule has 4 nitrogen and oxygen atoms in total. The maximum atomic E-state index is 11.1. The van der Waals surface area contributed by atoms with E-state index in [-0.39, 0.29) is 12.4 Å². The summed E-state index contributed by atoms with van der Waals surface area (Å²) in [6, 6.07) is 7.28. The summed E-state index contributed by atoms with van der Waals surface area (Å²) in [6.07, 6.45) is 0. The molecule has 0 radical (unpaired) electrons. The zero-order valence-corrected chi connectivity index (χ0v) is 10.5. The van der Waals surface area contributed by atoms with Crippen molar-refractivity contribution in [1.29, 1.82) is 0 Å². The van der Waals surface area contributed by atoms with E-state index in [1.807, 2.05) is 32.0 Å². The molecule has 0 bridgehead atoms. The lowest BCUT2D eigenvalue weighted by Gasteiger charge is -2.06. The number of fused-ring (bicyclic) bond motifs is 1. The molecular weight excluding hydrogens is 232 g/mol. The highest BCUT2D eigenvalue weighted by Gasteiger charge is 2.19.